The minimum absolute atomic E-state index is 0.0996. The number of ether oxygens (including phenoxy) is 1. The predicted molar refractivity (Wildman–Crippen MR) is 121 cm³/mol. The first-order valence-electron chi connectivity index (χ1n) is 8.92. The second-order valence-electron chi connectivity index (χ2n) is 6.25. The number of aromatic nitrogens is 3. The average molecular weight is 438 g/mol. The monoisotopic (exact) mass is 437 g/mol. The van der Waals surface area contributed by atoms with E-state index in [1.807, 2.05) is 30.3 Å². The van der Waals surface area contributed by atoms with Crippen molar-refractivity contribution in [2.24, 2.45) is 0 Å². The molecule has 0 saturated carbocycles. The fourth-order valence-electron chi connectivity index (χ4n) is 2.87. The summed E-state index contributed by atoms with van der Waals surface area (Å²) in [4.78, 5) is 14.0. The van der Waals surface area contributed by atoms with Crippen LogP contribution in [0.25, 0.3) is 16.7 Å². The lowest BCUT2D eigenvalue weighted by Crippen LogP contribution is -2.34. The van der Waals surface area contributed by atoms with Crippen LogP contribution in [0.1, 0.15) is 10.4 Å². The topological polar surface area (TPSA) is 81.1 Å². The third-order valence-corrected chi connectivity index (χ3v) is 4.80. The number of benzene rings is 3. The smallest absolute Gasteiger partial charge is 0.261 e. The number of hydrogen-bond acceptors (Lipinski definition) is 5. The van der Waals surface area contributed by atoms with Crippen molar-refractivity contribution in [1.29, 1.82) is 0 Å². The number of amides is 1. The lowest BCUT2D eigenvalue weighted by Gasteiger charge is -2.12. The minimum Gasteiger partial charge on any atom is -0.496 e. The number of thiocarbonyl (C=S) groups is 1. The first-order valence-corrected chi connectivity index (χ1v) is 9.71. The molecule has 0 bridgehead atoms. The molecule has 0 aliphatic rings. The molecule has 4 aromatic rings. The number of methoxy groups -OCH3 is 1. The molecule has 1 amide bonds. The zero-order valence-corrected chi connectivity index (χ0v) is 17.4. The molecule has 0 aliphatic carbocycles. The Bertz CT molecular complexity index is 1240. The first-order chi connectivity index (χ1) is 14.5. The second kappa shape index (κ2) is 8.48. The number of carbonyl (C=O) groups is 1. The molecule has 0 spiro atoms. The van der Waals surface area contributed by atoms with E-state index in [1.165, 1.54) is 11.9 Å². The van der Waals surface area contributed by atoms with Crippen LogP contribution in [0, 0.1) is 0 Å². The fraction of sp³-hybridized carbons (Fsp3) is 0.0476. The molecule has 3 aromatic carbocycles. The maximum Gasteiger partial charge on any atom is 0.261 e. The Hall–Kier alpha value is -3.49. The Kier molecular flexibility index (Phi) is 5.60. The largest absolute Gasteiger partial charge is 0.496 e. The zero-order valence-electron chi connectivity index (χ0n) is 15.8. The van der Waals surface area contributed by atoms with Crippen molar-refractivity contribution in [3.05, 3.63) is 77.3 Å². The van der Waals surface area contributed by atoms with Crippen LogP contribution in [0.3, 0.4) is 0 Å². The molecule has 1 aromatic heterocycles. The average Bonchev–Trinajstić information content (AvgIpc) is 3.17. The number of hydrogen-bond donors (Lipinski definition) is 2. The summed E-state index contributed by atoms with van der Waals surface area (Å²) in [5, 5.41) is 15.0. The number of nitrogens with one attached hydrogen (secondary N) is 2. The predicted octanol–water partition coefficient (Wildman–Crippen LogP) is 4.21. The van der Waals surface area contributed by atoms with Crippen molar-refractivity contribution in [3.8, 4) is 11.4 Å². The summed E-state index contributed by atoms with van der Waals surface area (Å²) in [5.41, 5.74) is 2.98. The van der Waals surface area contributed by atoms with E-state index in [-0.39, 0.29) is 5.11 Å². The molecular formula is C21H16ClN5O2S. The number of rotatable bonds is 4. The number of para-hydroxylation sites is 2. The Morgan fingerprint density at radius 1 is 1.03 bits per heavy atom. The van der Waals surface area contributed by atoms with E-state index >= 15 is 0 Å². The molecule has 1 heterocycles. The Morgan fingerprint density at radius 3 is 2.43 bits per heavy atom. The van der Waals surface area contributed by atoms with Gasteiger partial charge in [-0.2, -0.15) is 4.80 Å². The van der Waals surface area contributed by atoms with Gasteiger partial charge < -0.3 is 10.1 Å². The lowest BCUT2D eigenvalue weighted by molar-refractivity contribution is 0.0975. The number of halogens is 1. The van der Waals surface area contributed by atoms with Gasteiger partial charge in [0, 0.05) is 0 Å². The van der Waals surface area contributed by atoms with Gasteiger partial charge in [-0.3, -0.25) is 10.1 Å². The third kappa shape index (κ3) is 4.10. The Balaban J connectivity index is 1.54. The van der Waals surface area contributed by atoms with Crippen molar-refractivity contribution in [2.75, 3.05) is 12.4 Å². The molecule has 0 aliphatic heterocycles. The van der Waals surface area contributed by atoms with E-state index in [1.54, 1.807) is 36.4 Å². The van der Waals surface area contributed by atoms with Gasteiger partial charge in [0.05, 0.1) is 29.1 Å². The van der Waals surface area contributed by atoms with Crippen LogP contribution in [0.4, 0.5) is 5.69 Å². The van der Waals surface area contributed by atoms with Gasteiger partial charge in [-0.05, 0) is 48.6 Å². The summed E-state index contributed by atoms with van der Waals surface area (Å²) < 4.78 is 5.21. The highest BCUT2D eigenvalue weighted by Gasteiger charge is 2.15. The molecule has 150 valence electrons. The summed E-state index contributed by atoms with van der Waals surface area (Å²) in [6.45, 7) is 0. The highest BCUT2D eigenvalue weighted by atomic mass is 35.5. The normalized spacial score (nSPS) is 10.6. The van der Waals surface area contributed by atoms with Crippen molar-refractivity contribution >= 4 is 51.6 Å². The van der Waals surface area contributed by atoms with Crippen molar-refractivity contribution in [2.45, 2.75) is 0 Å². The summed E-state index contributed by atoms with van der Waals surface area (Å²) in [6.07, 6.45) is 0. The van der Waals surface area contributed by atoms with E-state index in [0.29, 0.717) is 33.1 Å². The first kappa shape index (κ1) is 19.8. The maximum absolute atomic E-state index is 12.5. The Morgan fingerprint density at radius 2 is 1.70 bits per heavy atom. The van der Waals surface area contributed by atoms with Crippen LogP contribution in [0.15, 0.2) is 66.7 Å². The maximum atomic E-state index is 12.5. The van der Waals surface area contributed by atoms with Crippen LogP contribution in [0.5, 0.6) is 5.75 Å². The van der Waals surface area contributed by atoms with E-state index in [2.05, 4.69) is 20.8 Å². The SMILES string of the molecule is COc1ccccc1C(=O)NC(=S)Nc1cc2nn(-c3ccccc3)nc2cc1Cl. The number of fused-ring (bicyclic) bond motifs is 1. The molecule has 2 N–H and O–H groups in total. The Labute approximate surface area is 182 Å². The molecular weight excluding hydrogens is 422 g/mol. The summed E-state index contributed by atoms with van der Waals surface area (Å²) in [6, 6.07) is 19.8. The molecule has 0 unspecified atom stereocenters. The van der Waals surface area contributed by atoms with E-state index in [4.69, 9.17) is 28.6 Å². The summed E-state index contributed by atoms with van der Waals surface area (Å²) >= 11 is 11.6. The second-order valence-corrected chi connectivity index (χ2v) is 7.07. The molecule has 0 saturated heterocycles. The van der Waals surface area contributed by atoms with Crippen LogP contribution >= 0.6 is 23.8 Å². The minimum atomic E-state index is -0.392. The summed E-state index contributed by atoms with van der Waals surface area (Å²) in [7, 11) is 1.50. The van der Waals surface area contributed by atoms with Crippen LogP contribution in [-0.2, 0) is 0 Å². The molecule has 7 nitrogen and oxygen atoms in total. The van der Waals surface area contributed by atoms with Gasteiger partial charge in [0.15, 0.2) is 5.11 Å². The van der Waals surface area contributed by atoms with Crippen LogP contribution in [-0.4, -0.2) is 33.1 Å². The van der Waals surface area contributed by atoms with Crippen LogP contribution < -0.4 is 15.4 Å². The van der Waals surface area contributed by atoms with E-state index in [9.17, 15) is 4.79 Å². The van der Waals surface area contributed by atoms with Gasteiger partial charge in [-0.15, -0.1) is 10.2 Å². The molecule has 4 rings (SSSR count). The van der Waals surface area contributed by atoms with Gasteiger partial charge in [0.2, 0.25) is 0 Å². The van der Waals surface area contributed by atoms with Gasteiger partial charge in [-0.1, -0.05) is 41.9 Å². The fourth-order valence-corrected chi connectivity index (χ4v) is 3.27. The van der Waals surface area contributed by atoms with Crippen LogP contribution in [0.2, 0.25) is 5.02 Å². The molecule has 30 heavy (non-hydrogen) atoms. The zero-order chi connectivity index (χ0) is 21.1. The quantitative estimate of drug-likeness (QED) is 0.465. The standard InChI is InChI=1S/C21H16ClN5O2S/c1-29-19-10-6-5-9-14(19)20(28)24-21(30)23-16-12-18-17(11-15(16)22)25-27(26-18)13-7-3-2-4-8-13/h2-12H,1H3,(H2,23,24,28,30). The number of anilines is 1. The van der Waals surface area contributed by atoms with Crippen molar-refractivity contribution < 1.29 is 9.53 Å². The van der Waals surface area contributed by atoms with Crippen molar-refractivity contribution in [1.82, 2.24) is 20.3 Å². The molecule has 0 atom stereocenters. The van der Waals surface area contributed by atoms with Gasteiger partial charge in [0.25, 0.3) is 5.91 Å². The van der Waals surface area contributed by atoms with E-state index < -0.39 is 5.91 Å². The molecule has 0 fully saturated rings. The van der Waals surface area contributed by atoms with E-state index in [0.717, 1.165) is 5.69 Å². The van der Waals surface area contributed by atoms with Crippen molar-refractivity contribution in [3.63, 3.8) is 0 Å². The van der Waals surface area contributed by atoms with Gasteiger partial charge >= 0.3 is 0 Å². The summed E-state index contributed by atoms with van der Waals surface area (Å²) in [5.74, 6) is 0.0620. The highest BCUT2D eigenvalue weighted by molar-refractivity contribution is 7.80. The highest BCUT2D eigenvalue weighted by Crippen LogP contribution is 2.27. The van der Waals surface area contributed by atoms with Gasteiger partial charge in [-0.25, -0.2) is 0 Å². The third-order valence-electron chi connectivity index (χ3n) is 4.28. The number of carbonyl (C=O) groups excluding carboxylic acids is 1. The molecule has 0 radical (unpaired) electrons. The van der Waals surface area contributed by atoms with Gasteiger partial charge in [0.1, 0.15) is 16.8 Å². The lowest BCUT2D eigenvalue weighted by atomic mass is 10.2. The number of nitrogens with zero attached hydrogens (tertiary/aromatic N) is 3. The molecule has 9 heteroatoms.